The fourth-order valence-electron chi connectivity index (χ4n) is 3.03. The van der Waals surface area contributed by atoms with Crippen molar-refractivity contribution in [3.05, 3.63) is 88.4 Å². The number of nitrogens with one attached hydrogen (secondary N) is 1. The fraction of sp³-hybridized carbons (Fsp3) is 0.0476. The van der Waals surface area contributed by atoms with Crippen LogP contribution in [0.4, 0.5) is 5.69 Å². The summed E-state index contributed by atoms with van der Waals surface area (Å²) < 4.78 is 1.84. The summed E-state index contributed by atoms with van der Waals surface area (Å²) >= 11 is 12.1. The third-order valence-electron chi connectivity index (χ3n) is 4.37. The summed E-state index contributed by atoms with van der Waals surface area (Å²) in [6.07, 6.45) is 5.96. The zero-order valence-electron chi connectivity index (χ0n) is 15.0. The van der Waals surface area contributed by atoms with Gasteiger partial charge in [-0.25, -0.2) is 4.98 Å². The van der Waals surface area contributed by atoms with E-state index in [1.54, 1.807) is 24.5 Å². The lowest BCUT2D eigenvalue weighted by atomic mass is 10.1. The lowest BCUT2D eigenvalue weighted by molar-refractivity contribution is -0.112. The number of rotatable bonds is 5. The molecule has 0 aliphatic carbocycles. The van der Waals surface area contributed by atoms with Crippen LogP contribution < -0.4 is 5.32 Å². The van der Waals surface area contributed by atoms with Crippen LogP contribution in [0.3, 0.4) is 0 Å². The Morgan fingerprint density at radius 1 is 1.00 bits per heavy atom. The molecule has 8 heteroatoms. The minimum absolute atomic E-state index is 0.145. The molecule has 1 amide bonds. The third-order valence-corrected chi connectivity index (χ3v) is 4.95. The average molecular weight is 425 g/mol. The predicted molar refractivity (Wildman–Crippen MR) is 112 cm³/mol. The summed E-state index contributed by atoms with van der Waals surface area (Å²) in [5.74, 6) is -1.55. The first-order valence-electron chi connectivity index (χ1n) is 8.67. The lowest BCUT2D eigenvalue weighted by Gasteiger charge is -2.07. The van der Waals surface area contributed by atoms with Crippen LogP contribution in [0.5, 0.6) is 0 Å². The zero-order valence-corrected chi connectivity index (χ0v) is 16.5. The van der Waals surface area contributed by atoms with E-state index in [0.717, 1.165) is 5.56 Å². The van der Waals surface area contributed by atoms with Crippen molar-refractivity contribution in [3.8, 4) is 0 Å². The summed E-state index contributed by atoms with van der Waals surface area (Å²) in [5.41, 5.74) is 2.07. The fourth-order valence-corrected chi connectivity index (χ4v) is 3.49. The van der Waals surface area contributed by atoms with Gasteiger partial charge >= 0.3 is 0 Å². The Bertz CT molecular complexity index is 1200. The highest BCUT2D eigenvalue weighted by Crippen LogP contribution is 2.29. The van der Waals surface area contributed by atoms with E-state index in [1.807, 2.05) is 34.9 Å². The van der Waals surface area contributed by atoms with Gasteiger partial charge < -0.3 is 9.88 Å². The summed E-state index contributed by atoms with van der Waals surface area (Å²) in [6.45, 7) is 0.519. The first-order chi connectivity index (χ1) is 14.0. The quantitative estimate of drug-likeness (QED) is 0.374. The molecule has 0 fully saturated rings. The van der Waals surface area contributed by atoms with Gasteiger partial charge in [-0.3, -0.25) is 14.6 Å². The standard InChI is InChI=1S/C21H14Cl2N4O2/c22-16-9-24-10-17(23)18(16)26-21(29)19(28)15-12-27(11-13-5-2-1-3-6-13)20-14(15)7-4-8-25-20/h1-10,12H,11H2,(H,24,26,29). The number of halogens is 2. The predicted octanol–water partition coefficient (Wildman–Crippen LogP) is 4.61. The highest BCUT2D eigenvalue weighted by atomic mass is 35.5. The number of anilines is 1. The number of amides is 1. The molecule has 0 bridgehead atoms. The van der Waals surface area contributed by atoms with Crippen molar-refractivity contribution in [3.63, 3.8) is 0 Å². The first kappa shape index (κ1) is 19.1. The van der Waals surface area contributed by atoms with Gasteiger partial charge in [-0.15, -0.1) is 0 Å². The first-order valence-corrected chi connectivity index (χ1v) is 9.42. The van der Waals surface area contributed by atoms with Gasteiger partial charge in [-0.1, -0.05) is 53.5 Å². The maximum absolute atomic E-state index is 12.9. The SMILES string of the molecule is O=C(Nc1c(Cl)cncc1Cl)C(=O)c1cn(Cc2ccccc2)c2ncccc12. The Morgan fingerprint density at radius 3 is 2.45 bits per heavy atom. The number of hydrogen-bond donors (Lipinski definition) is 1. The molecule has 0 radical (unpaired) electrons. The van der Waals surface area contributed by atoms with E-state index in [-0.39, 0.29) is 21.3 Å². The monoisotopic (exact) mass is 424 g/mol. The molecule has 0 aliphatic rings. The Morgan fingerprint density at radius 2 is 1.72 bits per heavy atom. The highest BCUT2D eigenvalue weighted by molar-refractivity contribution is 6.50. The Labute approximate surface area is 176 Å². The van der Waals surface area contributed by atoms with Crippen molar-refractivity contribution >= 4 is 51.6 Å². The third kappa shape index (κ3) is 3.85. The Balaban J connectivity index is 1.68. The van der Waals surface area contributed by atoms with Crippen molar-refractivity contribution in [2.75, 3.05) is 5.32 Å². The Kier molecular flexibility index (Phi) is 5.29. The van der Waals surface area contributed by atoms with Gasteiger partial charge in [0.2, 0.25) is 0 Å². The van der Waals surface area contributed by atoms with Crippen LogP contribution in [-0.2, 0) is 11.3 Å². The van der Waals surface area contributed by atoms with Crippen LogP contribution in [0.15, 0.2) is 67.3 Å². The Hall–Kier alpha value is -3.22. The molecule has 29 heavy (non-hydrogen) atoms. The minimum atomic E-state index is -0.845. The van der Waals surface area contributed by atoms with Gasteiger partial charge in [0.25, 0.3) is 11.7 Å². The van der Waals surface area contributed by atoms with Crippen molar-refractivity contribution in [1.29, 1.82) is 0 Å². The number of nitrogens with zero attached hydrogens (tertiary/aromatic N) is 3. The summed E-state index contributed by atoms with van der Waals surface area (Å²) in [7, 11) is 0. The highest BCUT2D eigenvalue weighted by Gasteiger charge is 2.23. The minimum Gasteiger partial charge on any atom is -0.327 e. The molecule has 4 rings (SSSR count). The van der Waals surface area contributed by atoms with Gasteiger partial charge in [0.05, 0.1) is 21.3 Å². The lowest BCUT2D eigenvalue weighted by Crippen LogP contribution is -2.23. The summed E-state index contributed by atoms with van der Waals surface area (Å²) in [4.78, 5) is 33.7. The van der Waals surface area contributed by atoms with Crippen molar-refractivity contribution in [1.82, 2.24) is 14.5 Å². The number of pyridine rings is 2. The molecule has 1 N–H and O–H groups in total. The van der Waals surface area contributed by atoms with Crippen molar-refractivity contribution < 1.29 is 9.59 Å². The van der Waals surface area contributed by atoms with Gasteiger partial charge in [0, 0.05) is 36.7 Å². The van der Waals surface area contributed by atoms with Crippen LogP contribution in [0, 0.1) is 0 Å². The molecule has 0 saturated heterocycles. The number of fused-ring (bicyclic) bond motifs is 1. The molecule has 6 nitrogen and oxygen atoms in total. The number of benzene rings is 1. The van der Waals surface area contributed by atoms with E-state index >= 15 is 0 Å². The number of aromatic nitrogens is 3. The number of hydrogen-bond acceptors (Lipinski definition) is 4. The molecule has 0 atom stereocenters. The van der Waals surface area contributed by atoms with E-state index in [1.165, 1.54) is 12.4 Å². The normalized spacial score (nSPS) is 10.8. The maximum atomic E-state index is 12.9. The number of Topliss-reactive ketones (excluding diaryl/α,β-unsaturated/α-hetero) is 1. The molecule has 1 aromatic carbocycles. The van der Waals surface area contributed by atoms with E-state index in [0.29, 0.717) is 17.6 Å². The van der Waals surface area contributed by atoms with Gasteiger partial charge in [-0.05, 0) is 17.7 Å². The number of carbonyl (C=O) groups excluding carboxylic acids is 2. The average Bonchev–Trinajstić information content (AvgIpc) is 3.09. The van der Waals surface area contributed by atoms with E-state index in [9.17, 15) is 9.59 Å². The number of carbonyl (C=O) groups is 2. The molecule has 0 saturated carbocycles. The second-order valence-corrected chi connectivity index (χ2v) is 7.11. The summed E-state index contributed by atoms with van der Waals surface area (Å²) in [6, 6.07) is 13.3. The second-order valence-electron chi connectivity index (χ2n) is 6.29. The summed E-state index contributed by atoms with van der Waals surface area (Å²) in [5, 5.41) is 3.36. The van der Waals surface area contributed by atoms with Crippen LogP contribution in [0.25, 0.3) is 11.0 Å². The van der Waals surface area contributed by atoms with Crippen LogP contribution in [-0.4, -0.2) is 26.2 Å². The van der Waals surface area contributed by atoms with Gasteiger partial charge in [0.15, 0.2) is 0 Å². The van der Waals surface area contributed by atoms with Crippen LogP contribution >= 0.6 is 23.2 Å². The molecule has 3 heterocycles. The topological polar surface area (TPSA) is 76.9 Å². The van der Waals surface area contributed by atoms with E-state index < -0.39 is 11.7 Å². The largest absolute Gasteiger partial charge is 0.327 e. The second kappa shape index (κ2) is 8.03. The number of ketones is 1. The van der Waals surface area contributed by atoms with Crippen LogP contribution in [0.2, 0.25) is 10.0 Å². The molecule has 0 aliphatic heterocycles. The smallest absolute Gasteiger partial charge is 0.296 e. The van der Waals surface area contributed by atoms with E-state index in [2.05, 4.69) is 15.3 Å². The van der Waals surface area contributed by atoms with Crippen molar-refractivity contribution in [2.24, 2.45) is 0 Å². The van der Waals surface area contributed by atoms with Gasteiger partial charge in [0.1, 0.15) is 5.65 Å². The molecule has 3 aromatic heterocycles. The van der Waals surface area contributed by atoms with Gasteiger partial charge in [-0.2, -0.15) is 0 Å². The van der Waals surface area contributed by atoms with E-state index in [4.69, 9.17) is 23.2 Å². The van der Waals surface area contributed by atoms with Crippen molar-refractivity contribution in [2.45, 2.75) is 6.54 Å². The molecular formula is C21H14Cl2N4O2. The molecule has 4 aromatic rings. The maximum Gasteiger partial charge on any atom is 0.296 e. The molecule has 144 valence electrons. The van der Waals surface area contributed by atoms with Crippen LogP contribution in [0.1, 0.15) is 15.9 Å². The molecule has 0 unspecified atom stereocenters. The molecular weight excluding hydrogens is 411 g/mol. The zero-order chi connectivity index (χ0) is 20.4. The molecule has 0 spiro atoms.